The first-order valence-electron chi connectivity index (χ1n) is 5.09. The monoisotopic (exact) mass is 213 g/mol. The second-order valence-electron chi connectivity index (χ2n) is 3.76. The number of hydrogen-bond acceptors (Lipinski definition) is 3. The highest BCUT2D eigenvalue weighted by Gasteiger charge is 2.18. The van der Waals surface area contributed by atoms with Gasteiger partial charge in [-0.15, -0.1) is 0 Å². The van der Waals surface area contributed by atoms with E-state index in [4.69, 9.17) is 17.3 Å². The first-order chi connectivity index (χ1) is 6.83. The number of aromatic nitrogens is 3. The largest absolute Gasteiger partial charge is 0.388 e. The molecule has 0 atom stereocenters. The van der Waals surface area contributed by atoms with Crippen LogP contribution in [0.15, 0.2) is 0 Å². The minimum Gasteiger partial charge on any atom is -0.388 e. The summed E-state index contributed by atoms with van der Waals surface area (Å²) in [6.45, 7) is -0.0381. The maximum Gasteiger partial charge on any atom is 0.195 e. The van der Waals surface area contributed by atoms with E-state index in [2.05, 4.69) is 10.2 Å². The highest BCUT2D eigenvalue weighted by molar-refractivity contribution is 7.71. The summed E-state index contributed by atoms with van der Waals surface area (Å²) >= 11 is 5.15. The molecular formula is C9H15N3OS. The van der Waals surface area contributed by atoms with Crippen LogP contribution in [0.3, 0.4) is 0 Å². The molecule has 2 rings (SSSR count). The second kappa shape index (κ2) is 4.23. The van der Waals surface area contributed by atoms with Gasteiger partial charge >= 0.3 is 0 Å². The molecule has 0 aliphatic heterocycles. The van der Waals surface area contributed by atoms with E-state index in [9.17, 15) is 0 Å². The number of hydrogen-bond donors (Lipinski definition) is 2. The van der Waals surface area contributed by atoms with Crippen LogP contribution < -0.4 is 0 Å². The Hall–Kier alpha value is -0.680. The van der Waals surface area contributed by atoms with Crippen LogP contribution in [0.25, 0.3) is 0 Å². The second-order valence-corrected chi connectivity index (χ2v) is 4.15. The molecule has 0 radical (unpaired) electrons. The Labute approximate surface area is 88.0 Å². The number of aromatic amines is 1. The highest BCUT2D eigenvalue weighted by Crippen LogP contribution is 2.28. The molecule has 1 heterocycles. The van der Waals surface area contributed by atoms with Gasteiger partial charge in [0, 0.05) is 6.04 Å². The summed E-state index contributed by atoms with van der Waals surface area (Å²) in [5.74, 6) is 0.668. The van der Waals surface area contributed by atoms with Crippen molar-refractivity contribution >= 4 is 12.2 Å². The maximum atomic E-state index is 9.11. The van der Waals surface area contributed by atoms with Crippen LogP contribution in [-0.2, 0) is 6.61 Å². The maximum absolute atomic E-state index is 9.11. The molecule has 1 fully saturated rings. The van der Waals surface area contributed by atoms with Crippen LogP contribution in [0.2, 0.25) is 0 Å². The Morgan fingerprint density at radius 2 is 2.14 bits per heavy atom. The standard InChI is InChI=1S/C9H15N3OS/c13-6-8-10-11-9(14)12(8)7-4-2-1-3-5-7/h7,13H,1-6H2,(H,11,14). The Bertz CT molecular complexity index is 351. The van der Waals surface area contributed by atoms with Crippen molar-refractivity contribution in [3.8, 4) is 0 Å². The van der Waals surface area contributed by atoms with Gasteiger partial charge in [-0.3, -0.25) is 9.67 Å². The van der Waals surface area contributed by atoms with Crippen LogP contribution >= 0.6 is 12.2 Å². The van der Waals surface area contributed by atoms with E-state index < -0.39 is 0 Å². The molecular weight excluding hydrogens is 198 g/mol. The normalized spacial score (nSPS) is 18.6. The predicted octanol–water partition coefficient (Wildman–Crippen LogP) is 1.94. The van der Waals surface area contributed by atoms with E-state index in [-0.39, 0.29) is 6.61 Å². The first kappa shape index (κ1) is 9.86. The SMILES string of the molecule is OCc1n[nH]c(=S)n1C1CCCCC1. The molecule has 2 N–H and O–H groups in total. The van der Waals surface area contributed by atoms with Gasteiger partial charge in [0.1, 0.15) is 6.61 Å². The third-order valence-electron chi connectivity index (χ3n) is 2.86. The Morgan fingerprint density at radius 1 is 1.43 bits per heavy atom. The van der Waals surface area contributed by atoms with Crippen molar-refractivity contribution in [1.29, 1.82) is 0 Å². The van der Waals surface area contributed by atoms with Crippen molar-refractivity contribution in [3.63, 3.8) is 0 Å². The molecule has 0 spiro atoms. The van der Waals surface area contributed by atoms with Crippen LogP contribution in [-0.4, -0.2) is 19.9 Å². The lowest BCUT2D eigenvalue weighted by Gasteiger charge is -2.23. The average Bonchev–Trinajstić information content (AvgIpc) is 2.61. The lowest BCUT2D eigenvalue weighted by Crippen LogP contribution is -2.15. The van der Waals surface area contributed by atoms with Gasteiger partial charge < -0.3 is 5.11 Å². The number of aliphatic hydroxyl groups excluding tert-OH is 1. The zero-order valence-electron chi connectivity index (χ0n) is 8.07. The quantitative estimate of drug-likeness (QED) is 0.738. The summed E-state index contributed by atoms with van der Waals surface area (Å²) < 4.78 is 2.62. The van der Waals surface area contributed by atoms with Gasteiger partial charge in [0.25, 0.3) is 0 Å². The summed E-state index contributed by atoms with van der Waals surface area (Å²) in [5, 5.41) is 15.9. The number of nitrogens with one attached hydrogen (secondary N) is 1. The molecule has 1 aromatic heterocycles. The minimum atomic E-state index is -0.0381. The molecule has 1 saturated carbocycles. The molecule has 0 saturated heterocycles. The molecule has 14 heavy (non-hydrogen) atoms. The number of rotatable bonds is 2. The van der Waals surface area contributed by atoms with Crippen molar-refractivity contribution in [2.75, 3.05) is 0 Å². The van der Waals surface area contributed by atoms with E-state index in [1.54, 1.807) is 0 Å². The lowest BCUT2D eigenvalue weighted by atomic mass is 9.95. The fourth-order valence-electron chi connectivity index (χ4n) is 2.16. The molecule has 78 valence electrons. The topological polar surface area (TPSA) is 53.8 Å². The summed E-state index contributed by atoms with van der Waals surface area (Å²) in [7, 11) is 0. The van der Waals surface area contributed by atoms with Gasteiger partial charge in [0.2, 0.25) is 0 Å². The number of nitrogens with zero attached hydrogens (tertiary/aromatic N) is 2. The van der Waals surface area contributed by atoms with E-state index in [0.29, 0.717) is 16.6 Å². The van der Waals surface area contributed by atoms with Gasteiger partial charge in [0.05, 0.1) is 0 Å². The van der Waals surface area contributed by atoms with Crippen LogP contribution in [0, 0.1) is 4.77 Å². The van der Waals surface area contributed by atoms with Crippen molar-refractivity contribution in [2.24, 2.45) is 0 Å². The molecule has 4 nitrogen and oxygen atoms in total. The third-order valence-corrected chi connectivity index (χ3v) is 3.15. The fraction of sp³-hybridized carbons (Fsp3) is 0.778. The van der Waals surface area contributed by atoms with Gasteiger partial charge in [-0.2, -0.15) is 5.10 Å². The predicted molar refractivity (Wildman–Crippen MR) is 55.5 cm³/mol. The molecule has 0 aromatic carbocycles. The number of H-pyrrole nitrogens is 1. The summed E-state index contributed by atoms with van der Waals surface area (Å²) in [6, 6.07) is 0.442. The Morgan fingerprint density at radius 3 is 2.79 bits per heavy atom. The van der Waals surface area contributed by atoms with Crippen molar-refractivity contribution in [1.82, 2.24) is 14.8 Å². The van der Waals surface area contributed by atoms with E-state index >= 15 is 0 Å². The first-order valence-corrected chi connectivity index (χ1v) is 5.50. The molecule has 0 unspecified atom stereocenters. The van der Waals surface area contributed by atoms with Crippen LogP contribution in [0.4, 0.5) is 0 Å². The van der Waals surface area contributed by atoms with Crippen LogP contribution in [0.5, 0.6) is 0 Å². The van der Waals surface area contributed by atoms with E-state index in [0.717, 1.165) is 12.8 Å². The van der Waals surface area contributed by atoms with E-state index in [1.807, 2.05) is 4.57 Å². The molecule has 0 amide bonds. The lowest BCUT2D eigenvalue weighted by molar-refractivity contribution is 0.250. The van der Waals surface area contributed by atoms with Crippen molar-refractivity contribution in [2.45, 2.75) is 44.8 Å². The zero-order valence-corrected chi connectivity index (χ0v) is 8.89. The molecule has 5 heteroatoms. The Balaban J connectivity index is 2.28. The van der Waals surface area contributed by atoms with E-state index in [1.165, 1.54) is 19.3 Å². The van der Waals surface area contributed by atoms with Gasteiger partial charge in [-0.25, -0.2) is 0 Å². The van der Waals surface area contributed by atoms with Gasteiger partial charge in [0.15, 0.2) is 10.6 Å². The Kier molecular flexibility index (Phi) is 2.98. The fourth-order valence-corrected chi connectivity index (χ4v) is 2.46. The highest BCUT2D eigenvalue weighted by atomic mass is 32.1. The van der Waals surface area contributed by atoms with Gasteiger partial charge in [-0.1, -0.05) is 19.3 Å². The smallest absolute Gasteiger partial charge is 0.195 e. The minimum absolute atomic E-state index is 0.0381. The molecule has 1 aliphatic rings. The summed E-state index contributed by atoms with van der Waals surface area (Å²) in [6.07, 6.45) is 6.13. The zero-order chi connectivity index (χ0) is 9.97. The average molecular weight is 213 g/mol. The number of aliphatic hydroxyl groups is 1. The summed E-state index contributed by atoms with van der Waals surface area (Å²) in [5.41, 5.74) is 0. The molecule has 1 aliphatic carbocycles. The van der Waals surface area contributed by atoms with Crippen LogP contribution in [0.1, 0.15) is 44.0 Å². The third kappa shape index (κ3) is 1.74. The van der Waals surface area contributed by atoms with Crippen molar-refractivity contribution in [3.05, 3.63) is 10.6 Å². The molecule has 1 aromatic rings. The molecule has 0 bridgehead atoms. The van der Waals surface area contributed by atoms with Gasteiger partial charge in [-0.05, 0) is 25.1 Å². The summed E-state index contributed by atoms with van der Waals surface area (Å²) in [4.78, 5) is 0. The van der Waals surface area contributed by atoms with Crippen molar-refractivity contribution < 1.29 is 5.11 Å².